The van der Waals surface area contributed by atoms with Crippen LogP contribution in [0.25, 0.3) is 0 Å². The SMILES string of the molecule is C=CCOC1CC(C)(C)CC2C3=CCC4C5(C)CCC6OC(C)(C)OCC6(C)C5CCC4(C)C3(C)CCC12C.CC. The Bertz CT molecular complexity index is 1040. The highest BCUT2D eigenvalue weighted by Crippen LogP contribution is 2.76. The molecule has 41 heavy (non-hydrogen) atoms. The molecule has 3 heteroatoms. The second-order valence-electron chi connectivity index (χ2n) is 17.4. The van der Waals surface area contributed by atoms with E-state index in [2.05, 4.69) is 75.0 Å². The van der Waals surface area contributed by atoms with Gasteiger partial charge in [0.25, 0.3) is 0 Å². The predicted molar refractivity (Wildman–Crippen MR) is 171 cm³/mol. The molecule has 0 radical (unpaired) electrons. The Hall–Kier alpha value is -0.640. The monoisotopic (exact) mass is 568 g/mol. The minimum atomic E-state index is -0.452. The van der Waals surface area contributed by atoms with Gasteiger partial charge in [0.05, 0.1) is 25.4 Å². The Morgan fingerprint density at radius 1 is 0.854 bits per heavy atom. The number of hydrogen-bond donors (Lipinski definition) is 0. The van der Waals surface area contributed by atoms with E-state index in [1.165, 1.54) is 51.4 Å². The Morgan fingerprint density at radius 2 is 1.56 bits per heavy atom. The fourth-order valence-electron chi connectivity index (χ4n) is 12.0. The lowest BCUT2D eigenvalue weighted by atomic mass is 9.33. The van der Waals surface area contributed by atoms with Crippen LogP contribution in [0.5, 0.6) is 0 Å². The summed E-state index contributed by atoms with van der Waals surface area (Å²) in [7, 11) is 0. The van der Waals surface area contributed by atoms with Gasteiger partial charge in [-0.3, -0.25) is 0 Å². The van der Waals surface area contributed by atoms with Gasteiger partial charge in [0, 0.05) is 10.8 Å². The summed E-state index contributed by atoms with van der Waals surface area (Å²) in [6.07, 6.45) is 16.8. The van der Waals surface area contributed by atoms with Crippen LogP contribution >= 0.6 is 0 Å². The molecule has 4 saturated carbocycles. The molecule has 1 heterocycles. The van der Waals surface area contributed by atoms with Crippen LogP contribution in [0.4, 0.5) is 0 Å². The van der Waals surface area contributed by atoms with Crippen molar-refractivity contribution < 1.29 is 14.2 Å². The molecule has 6 rings (SSSR count). The smallest absolute Gasteiger partial charge is 0.163 e. The van der Waals surface area contributed by atoms with Crippen molar-refractivity contribution >= 4 is 0 Å². The third-order valence-corrected chi connectivity index (χ3v) is 14.4. The van der Waals surface area contributed by atoms with Crippen molar-refractivity contribution in [1.29, 1.82) is 0 Å². The van der Waals surface area contributed by atoms with Gasteiger partial charge in [-0.1, -0.05) is 80.0 Å². The molecular weight excluding hydrogens is 504 g/mol. The van der Waals surface area contributed by atoms with Gasteiger partial charge >= 0.3 is 0 Å². The highest BCUT2D eigenvalue weighted by molar-refractivity contribution is 5.34. The van der Waals surface area contributed by atoms with Crippen molar-refractivity contribution in [2.45, 2.75) is 152 Å². The van der Waals surface area contributed by atoms with Gasteiger partial charge in [0.2, 0.25) is 0 Å². The number of ether oxygens (including phenoxy) is 3. The highest BCUT2D eigenvalue weighted by Gasteiger charge is 2.70. The van der Waals surface area contributed by atoms with E-state index in [1.807, 2.05) is 25.5 Å². The molecule has 0 aromatic carbocycles. The first-order valence-electron chi connectivity index (χ1n) is 17.3. The summed E-state index contributed by atoms with van der Waals surface area (Å²) in [6.45, 7) is 31.8. The van der Waals surface area contributed by atoms with Gasteiger partial charge in [0.15, 0.2) is 5.79 Å². The van der Waals surface area contributed by atoms with Crippen molar-refractivity contribution in [2.75, 3.05) is 13.2 Å². The third kappa shape index (κ3) is 4.51. The van der Waals surface area contributed by atoms with Crippen LogP contribution in [0.1, 0.15) is 134 Å². The summed E-state index contributed by atoms with van der Waals surface area (Å²) in [5.74, 6) is 1.55. The molecule has 1 aliphatic heterocycles. The lowest BCUT2D eigenvalue weighted by Crippen LogP contribution is -2.68. The first kappa shape index (κ1) is 31.8. The summed E-state index contributed by atoms with van der Waals surface area (Å²) in [6, 6.07) is 0. The lowest BCUT2D eigenvalue weighted by Gasteiger charge is -2.72. The molecule has 0 N–H and O–H groups in total. The largest absolute Gasteiger partial charge is 0.374 e. The van der Waals surface area contributed by atoms with E-state index >= 15 is 0 Å². The van der Waals surface area contributed by atoms with Crippen molar-refractivity contribution in [1.82, 2.24) is 0 Å². The van der Waals surface area contributed by atoms with Crippen LogP contribution in [0.2, 0.25) is 0 Å². The molecule has 6 aliphatic rings. The normalized spacial score (nSPS) is 51.2. The quantitative estimate of drug-likeness (QED) is 0.317. The van der Waals surface area contributed by atoms with E-state index in [-0.39, 0.29) is 16.2 Å². The minimum Gasteiger partial charge on any atom is -0.374 e. The molecule has 0 bridgehead atoms. The third-order valence-electron chi connectivity index (χ3n) is 14.4. The molecule has 10 atom stereocenters. The predicted octanol–water partition coefficient (Wildman–Crippen LogP) is 10.1. The Kier molecular flexibility index (Phi) is 7.90. The molecule has 0 amide bonds. The first-order valence-corrected chi connectivity index (χ1v) is 17.3. The maximum atomic E-state index is 6.62. The van der Waals surface area contributed by atoms with E-state index in [4.69, 9.17) is 14.2 Å². The minimum absolute atomic E-state index is 0.114. The first-order chi connectivity index (χ1) is 19.0. The summed E-state index contributed by atoms with van der Waals surface area (Å²) in [5.41, 5.74) is 3.39. The Balaban J connectivity index is 0.00000165. The van der Waals surface area contributed by atoms with E-state index in [9.17, 15) is 0 Å². The zero-order chi connectivity index (χ0) is 30.3. The molecule has 3 nitrogen and oxygen atoms in total. The van der Waals surface area contributed by atoms with Crippen LogP contribution in [-0.2, 0) is 14.2 Å². The number of allylic oxidation sites excluding steroid dienone is 2. The fourth-order valence-corrected chi connectivity index (χ4v) is 12.0. The molecule has 5 fully saturated rings. The lowest BCUT2D eigenvalue weighted by molar-refractivity contribution is -0.351. The molecule has 0 aromatic rings. The van der Waals surface area contributed by atoms with Crippen LogP contribution in [0, 0.1) is 50.2 Å². The van der Waals surface area contributed by atoms with Gasteiger partial charge in [-0.15, -0.1) is 6.58 Å². The second-order valence-corrected chi connectivity index (χ2v) is 17.4. The zero-order valence-electron chi connectivity index (χ0n) is 28.8. The van der Waals surface area contributed by atoms with E-state index in [0.29, 0.717) is 46.9 Å². The maximum absolute atomic E-state index is 6.62. The average molecular weight is 569 g/mol. The Labute approximate surface area is 253 Å². The number of rotatable bonds is 3. The van der Waals surface area contributed by atoms with Crippen molar-refractivity contribution in [3.8, 4) is 0 Å². The van der Waals surface area contributed by atoms with Crippen LogP contribution in [0.15, 0.2) is 24.3 Å². The molecule has 5 aliphatic carbocycles. The van der Waals surface area contributed by atoms with Gasteiger partial charge in [-0.05, 0) is 111 Å². The summed E-state index contributed by atoms with van der Waals surface area (Å²) in [4.78, 5) is 0. The topological polar surface area (TPSA) is 27.7 Å². The van der Waals surface area contributed by atoms with Crippen molar-refractivity contribution in [3.05, 3.63) is 24.3 Å². The van der Waals surface area contributed by atoms with Crippen LogP contribution in [0.3, 0.4) is 0 Å². The summed E-state index contributed by atoms with van der Waals surface area (Å²) in [5, 5.41) is 0. The number of fused-ring (bicyclic) bond motifs is 9. The average Bonchev–Trinajstić information content (AvgIpc) is 2.90. The van der Waals surface area contributed by atoms with E-state index in [1.54, 1.807) is 0 Å². The van der Waals surface area contributed by atoms with Gasteiger partial charge in [0.1, 0.15) is 0 Å². The van der Waals surface area contributed by atoms with E-state index < -0.39 is 5.79 Å². The molecule has 10 unspecified atom stereocenters. The molecule has 0 aromatic heterocycles. The molecular formula is C38H64O3. The van der Waals surface area contributed by atoms with Crippen molar-refractivity contribution in [2.24, 2.45) is 50.2 Å². The van der Waals surface area contributed by atoms with Gasteiger partial charge < -0.3 is 14.2 Å². The highest BCUT2D eigenvalue weighted by atomic mass is 16.7. The summed E-state index contributed by atoms with van der Waals surface area (Å²) < 4.78 is 19.6. The molecule has 0 spiro atoms. The van der Waals surface area contributed by atoms with E-state index in [0.717, 1.165) is 18.9 Å². The molecule has 234 valence electrons. The summed E-state index contributed by atoms with van der Waals surface area (Å²) >= 11 is 0. The standard InChI is InChI=1S/C36H58O3.C2H6/c1-11-20-37-29-22-30(2,3)21-25-24-12-13-27-33(7)16-15-28-34(8,23-38-31(4,5)39-28)26(33)14-17-36(27,10)35(24,9)19-18-32(25,29)6;1-2/h11-12,25-29H,1,13-23H2,2-10H3;1-2H3. The van der Waals surface area contributed by atoms with Crippen LogP contribution in [-0.4, -0.2) is 31.2 Å². The van der Waals surface area contributed by atoms with Gasteiger partial charge in [-0.25, -0.2) is 0 Å². The fraction of sp³-hybridized carbons (Fsp3) is 0.895. The van der Waals surface area contributed by atoms with Crippen molar-refractivity contribution in [3.63, 3.8) is 0 Å². The number of hydrogen-bond acceptors (Lipinski definition) is 3. The Morgan fingerprint density at radius 3 is 2.24 bits per heavy atom. The van der Waals surface area contributed by atoms with Crippen LogP contribution < -0.4 is 0 Å². The molecule has 1 saturated heterocycles. The van der Waals surface area contributed by atoms with Gasteiger partial charge in [-0.2, -0.15) is 0 Å². The second kappa shape index (κ2) is 10.2. The zero-order valence-corrected chi connectivity index (χ0v) is 28.8. The maximum Gasteiger partial charge on any atom is 0.163 e.